The number of rotatable bonds is 1. The normalized spacial score (nSPS) is 39.5. The molecule has 0 spiro atoms. The lowest BCUT2D eigenvalue weighted by atomic mass is 9.86. The Morgan fingerprint density at radius 2 is 1.45 bits per heavy atom. The van der Waals surface area contributed by atoms with Crippen LogP contribution in [0.2, 0.25) is 0 Å². The van der Waals surface area contributed by atoms with Crippen LogP contribution in [0.15, 0.2) is 0 Å². The number of alkyl halides is 4. The molecule has 1 rings (SSSR count). The third-order valence-electron chi connectivity index (χ3n) is 2.09. The molecule has 1 aliphatic carbocycles. The van der Waals surface area contributed by atoms with Crippen molar-refractivity contribution in [1.29, 1.82) is 0 Å². The van der Waals surface area contributed by atoms with Crippen molar-refractivity contribution in [1.82, 2.24) is 0 Å². The first-order chi connectivity index (χ1) is 5.13. The van der Waals surface area contributed by atoms with Gasteiger partial charge in [-0.2, -0.15) is 0 Å². The first-order valence-electron chi connectivity index (χ1n) is 3.69. The summed E-state index contributed by atoms with van der Waals surface area (Å²) in [4.78, 5) is 0. The minimum Gasteiger partial charge on any atom is -0.247 e. The summed E-state index contributed by atoms with van der Waals surface area (Å²) in [6, 6.07) is 0. The fourth-order valence-corrected chi connectivity index (χ4v) is 1.44. The van der Waals surface area contributed by atoms with Crippen LogP contribution in [-0.2, 0) is 0 Å². The molecule has 0 aromatic heterocycles. The summed E-state index contributed by atoms with van der Waals surface area (Å²) in [5.74, 6) is -1.68. The Morgan fingerprint density at radius 1 is 1.00 bits per heavy atom. The number of halogens is 4. The van der Waals surface area contributed by atoms with E-state index in [4.69, 9.17) is 0 Å². The van der Waals surface area contributed by atoms with E-state index in [1.54, 1.807) is 0 Å². The van der Waals surface area contributed by atoms with E-state index in [-0.39, 0.29) is 12.8 Å². The molecule has 4 heteroatoms. The second-order valence-electron chi connectivity index (χ2n) is 2.87. The summed E-state index contributed by atoms with van der Waals surface area (Å²) >= 11 is 0. The molecule has 0 saturated heterocycles. The van der Waals surface area contributed by atoms with Gasteiger partial charge in [0.2, 0.25) is 6.43 Å². The van der Waals surface area contributed by atoms with E-state index in [1.165, 1.54) is 0 Å². The van der Waals surface area contributed by atoms with Crippen molar-refractivity contribution in [3.05, 3.63) is 0 Å². The predicted molar refractivity (Wildman–Crippen MR) is 33.1 cm³/mol. The van der Waals surface area contributed by atoms with Crippen LogP contribution >= 0.6 is 0 Å². The van der Waals surface area contributed by atoms with E-state index >= 15 is 0 Å². The highest BCUT2D eigenvalue weighted by atomic mass is 19.3. The first kappa shape index (κ1) is 8.81. The number of hydrogen-bond donors (Lipinski definition) is 0. The summed E-state index contributed by atoms with van der Waals surface area (Å²) in [7, 11) is 0. The van der Waals surface area contributed by atoms with E-state index in [9.17, 15) is 17.6 Å². The lowest BCUT2D eigenvalue weighted by Crippen LogP contribution is -2.36. The zero-order valence-electron chi connectivity index (χ0n) is 5.94. The summed E-state index contributed by atoms with van der Waals surface area (Å²) in [6.07, 6.45) is -5.63. The molecule has 0 aliphatic heterocycles. The molecule has 0 aromatic carbocycles. The van der Waals surface area contributed by atoms with E-state index in [0.717, 1.165) is 0 Å². The third-order valence-corrected chi connectivity index (χ3v) is 2.09. The fourth-order valence-electron chi connectivity index (χ4n) is 1.44. The average Bonchev–Trinajstić information content (AvgIpc) is 1.85. The molecule has 11 heavy (non-hydrogen) atoms. The Morgan fingerprint density at radius 3 is 1.73 bits per heavy atom. The molecule has 66 valence electrons. The van der Waals surface area contributed by atoms with Gasteiger partial charge in [0.25, 0.3) is 0 Å². The van der Waals surface area contributed by atoms with Crippen LogP contribution in [0.25, 0.3) is 0 Å². The third kappa shape index (κ3) is 1.84. The SMILES string of the molecule is FC(F)C1C(F)CCCC1F. The molecule has 1 fully saturated rings. The zero-order valence-corrected chi connectivity index (χ0v) is 5.94. The van der Waals surface area contributed by atoms with Crippen molar-refractivity contribution in [3.63, 3.8) is 0 Å². The Bertz CT molecular complexity index is 116. The summed E-state index contributed by atoms with van der Waals surface area (Å²) < 4.78 is 49.1. The molecule has 0 bridgehead atoms. The standard InChI is InChI=1S/C7H10F4/c8-4-2-1-3-5(9)6(4)7(10)11/h4-7H,1-3H2. The molecule has 0 heterocycles. The van der Waals surface area contributed by atoms with Gasteiger partial charge in [0.15, 0.2) is 0 Å². The van der Waals surface area contributed by atoms with Gasteiger partial charge in [-0.3, -0.25) is 0 Å². The molecule has 0 nitrogen and oxygen atoms in total. The predicted octanol–water partition coefficient (Wildman–Crippen LogP) is 2.73. The van der Waals surface area contributed by atoms with Crippen molar-refractivity contribution in [2.75, 3.05) is 0 Å². The molecule has 0 aromatic rings. The Kier molecular flexibility index (Phi) is 2.73. The van der Waals surface area contributed by atoms with E-state index in [2.05, 4.69) is 0 Å². The summed E-state index contributed by atoms with van der Waals surface area (Å²) in [5.41, 5.74) is 0. The van der Waals surface area contributed by atoms with Gasteiger partial charge in [0, 0.05) is 0 Å². The quantitative estimate of drug-likeness (QED) is 0.531. The molecule has 2 atom stereocenters. The van der Waals surface area contributed by atoms with E-state index in [0.29, 0.717) is 6.42 Å². The summed E-state index contributed by atoms with van der Waals surface area (Å²) in [6.45, 7) is 0. The topological polar surface area (TPSA) is 0 Å². The maximum absolute atomic E-state index is 12.6. The van der Waals surface area contributed by atoms with Crippen LogP contribution in [0.4, 0.5) is 17.6 Å². The fraction of sp³-hybridized carbons (Fsp3) is 1.00. The van der Waals surface area contributed by atoms with Gasteiger partial charge in [-0.25, -0.2) is 17.6 Å². The van der Waals surface area contributed by atoms with Gasteiger partial charge < -0.3 is 0 Å². The maximum atomic E-state index is 12.6. The molecule has 0 N–H and O–H groups in total. The van der Waals surface area contributed by atoms with Gasteiger partial charge >= 0.3 is 0 Å². The smallest absolute Gasteiger partial charge is 0.247 e. The summed E-state index contributed by atoms with van der Waals surface area (Å²) in [5, 5.41) is 0. The molecular formula is C7H10F4. The van der Waals surface area contributed by atoms with Gasteiger partial charge in [0.1, 0.15) is 12.3 Å². The molecular weight excluding hydrogens is 160 g/mol. The van der Waals surface area contributed by atoms with Crippen molar-refractivity contribution < 1.29 is 17.6 Å². The highest BCUT2D eigenvalue weighted by Crippen LogP contribution is 2.33. The van der Waals surface area contributed by atoms with Gasteiger partial charge in [0.05, 0.1) is 5.92 Å². The minimum atomic E-state index is -2.86. The second kappa shape index (κ2) is 3.41. The van der Waals surface area contributed by atoms with Crippen LogP contribution in [0.3, 0.4) is 0 Å². The molecule has 0 radical (unpaired) electrons. The second-order valence-corrected chi connectivity index (χ2v) is 2.87. The highest BCUT2D eigenvalue weighted by molar-refractivity contribution is 4.83. The Hall–Kier alpha value is -0.280. The van der Waals surface area contributed by atoms with Crippen LogP contribution in [0.1, 0.15) is 19.3 Å². The lowest BCUT2D eigenvalue weighted by Gasteiger charge is -2.28. The molecule has 2 unspecified atom stereocenters. The van der Waals surface area contributed by atoms with Crippen molar-refractivity contribution in [2.45, 2.75) is 38.0 Å². The maximum Gasteiger partial charge on any atom is 0.247 e. The van der Waals surface area contributed by atoms with Crippen molar-refractivity contribution in [3.8, 4) is 0 Å². The Balaban J connectivity index is 2.55. The monoisotopic (exact) mass is 170 g/mol. The Labute approximate surface area is 62.6 Å². The molecule has 0 amide bonds. The van der Waals surface area contributed by atoms with Crippen molar-refractivity contribution >= 4 is 0 Å². The van der Waals surface area contributed by atoms with Crippen LogP contribution in [0, 0.1) is 5.92 Å². The van der Waals surface area contributed by atoms with Crippen LogP contribution in [0.5, 0.6) is 0 Å². The lowest BCUT2D eigenvalue weighted by molar-refractivity contribution is -0.0386. The first-order valence-corrected chi connectivity index (χ1v) is 3.69. The van der Waals surface area contributed by atoms with Crippen molar-refractivity contribution in [2.24, 2.45) is 5.92 Å². The van der Waals surface area contributed by atoms with E-state index in [1.807, 2.05) is 0 Å². The zero-order chi connectivity index (χ0) is 8.43. The van der Waals surface area contributed by atoms with Gasteiger partial charge in [-0.15, -0.1) is 0 Å². The number of hydrogen-bond acceptors (Lipinski definition) is 0. The molecule has 1 aliphatic rings. The van der Waals surface area contributed by atoms with E-state index < -0.39 is 24.7 Å². The average molecular weight is 170 g/mol. The minimum absolute atomic E-state index is 0.0788. The molecule has 1 saturated carbocycles. The van der Waals surface area contributed by atoms with Crippen LogP contribution < -0.4 is 0 Å². The van der Waals surface area contributed by atoms with Gasteiger partial charge in [-0.05, 0) is 19.3 Å². The largest absolute Gasteiger partial charge is 0.247 e. The highest BCUT2D eigenvalue weighted by Gasteiger charge is 2.39. The van der Waals surface area contributed by atoms with Crippen LogP contribution in [-0.4, -0.2) is 18.8 Å². The van der Waals surface area contributed by atoms with Gasteiger partial charge in [-0.1, -0.05) is 0 Å².